The molecule has 0 radical (unpaired) electrons. The van der Waals surface area contributed by atoms with Gasteiger partial charge >= 0.3 is 24.7 Å². The van der Waals surface area contributed by atoms with Crippen LogP contribution in [-0.4, -0.2) is 41.6 Å². The summed E-state index contributed by atoms with van der Waals surface area (Å²) in [6.45, 7) is 0. The largest absolute Gasteiger partial charge is 0.603 e. The van der Waals surface area contributed by atoms with Gasteiger partial charge in [-0.3, -0.25) is 0 Å². The smallest absolute Gasteiger partial charge is 0.416 e. The molecule has 0 bridgehead atoms. The Morgan fingerprint density at radius 2 is 0.381 bits per heavy atom. The highest BCUT2D eigenvalue weighted by Gasteiger charge is 2.37. The Bertz CT molecular complexity index is 3540. The first-order valence-electron chi connectivity index (χ1n) is 23.9. The van der Waals surface area contributed by atoms with E-state index in [1.807, 2.05) is 0 Å². The zero-order valence-corrected chi connectivity index (χ0v) is 45.4. The second-order valence-corrected chi connectivity index (χ2v) is 24.9. The summed E-state index contributed by atoms with van der Waals surface area (Å²) in [5, 5.41) is 0. The third-order valence-corrected chi connectivity index (χ3v) is 18.7. The first-order chi connectivity index (χ1) is 39.5. The van der Waals surface area contributed by atoms with Gasteiger partial charge in [-0.2, -0.15) is 52.7 Å². The van der Waals surface area contributed by atoms with Crippen molar-refractivity contribution in [2.75, 3.05) is 0 Å². The summed E-state index contributed by atoms with van der Waals surface area (Å²) in [6.07, 6.45) is -19.9. The van der Waals surface area contributed by atoms with Crippen LogP contribution in [-0.2, 0) is 65.9 Å². The summed E-state index contributed by atoms with van der Waals surface area (Å²) in [4.78, 5) is -1.62. The molecule has 0 N–H and O–H groups in total. The predicted octanol–water partition coefficient (Wildman–Crippen LogP) is 15.6. The van der Waals surface area contributed by atoms with Crippen LogP contribution < -0.4 is 0 Å². The van der Waals surface area contributed by atoms with Crippen LogP contribution in [0, 0.1) is 0 Å². The molecule has 12 nitrogen and oxygen atoms in total. The number of alkyl halides is 12. The monoisotopic (exact) mass is 1240 g/mol. The van der Waals surface area contributed by atoms with Gasteiger partial charge in [0.15, 0.2) is 19.6 Å². The number of hydrogen-bond acceptors (Lipinski definition) is 12. The average molecular weight is 1240 g/mol. The van der Waals surface area contributed by atoms with Gasteiger partial charge in [0.25, 0.3) is 23.3 Å². The van der Waals surface area contributed by atoms with E-state index in [0.29, 0.717) is 48.5 Å². The van der Waals surface area contributed by atoms with Crippen molar-refractivity contribution in [3.8, 4) is 0 Å². The van der Waals surface area contributed by atoms with Gasteiger partial charge in [0.05, 0.1) is 63.4 Å². The molecule has 0 saturated heterocycles. The van der Waals surface area contributed by atoms with E-state index < -0.39 is 153 Å². The second kappa shape index (κ2) is 23.6. The molecule has 0 aromatic heterocycles. The lowest BCUT2D eigenvalue weighted by atomic mass is 10.1. The minimum atomic E-state index is -4.96. The molecule has 4 atom stereocenters. The van der Waals surface area contributed by atoms with E-state index in [-0.39, 0.29) is 0 Å². The van der Waals surface area contributed by atoms with Gasteiger partial charge in [-0.25, -0.2) is 0 Å². The molecule has 1 aliphatic rings. The quantitative estimate of drug-likeness (QED) is 0.108. The Kier molecular flexibility index (Phi) is 17.0. The number of halogens is 12. The minimum absolute atomic E-state index is 0.404. The Labute approximate surface area is 475 Å². The highest BCUT2D eigenvalue weighted by molar-refractivity contribution is 8.01. The molecule has 0 amide bonds. The molecule has 0 spiro atoms. The molecule has 4 unspecified atom stereocenters. The topological polar surface area (TPSA) is 191 Å². The van der Waals surface area contributed by atoms with Crippen molar-refractivity contribution in [2.45, 2.75) is 44.3 Å². The summed E-state index contributed by atoms with van der Waals surface area (Å²) in [6, 6.07) is 36.5. The maximum atomic E-state index is 16.3. The van der Waals surface area contributed by atoms with Crippen molar-refractivity contribution in [3.63, 3.8) is 0 Å². The molecule has 8 aromatic rings. The van der Waals surface area contributed by atoms with Crippen LogP contribution in [0.1, 0.15) is 44.5 Å². The molecule has 0 fully saturated rings. The zero-order chi connectivity index (χ0) is 60.4. The third kappa shape index (κ3) is 14.0. The fourth-order valence-corrected chi connectivity index (χ4v) is 13.9. The van der Waals surface area contributed by atoms with Crippen LogP contribution in [0.25, 0.3) is 0 Å². The van der Waals surface area contributed by atoms with E-state index in [1.54, 1.807) is 0 Å². The lowest BCUT2D eigenvalue weighted by molar-refractivity contribution is -0.138. The number of nitrogens with zero attached hydrogens (tertiary/aromatic N) is 8. The molecular weight excluding hydrogens is 1200 g/mol. The molecule has 0 saturated carbocycles. The van der Waals surface area contributed by atoms with Gasteiger partial charge in [-0.05, 0) is 132 Å². The van der Waals surface area contributed by atoms with Crippen LogP contribution in [0.2, 0.25) is 0 Å². The van der Waals surface area contributed by atoms with E-state index in [2.05, 4.69) is 35.0 Å². The number of benzene rings is 8. The Morgan fingerprint density at radius 3 is 0.524 bits per heavy atom. The van der Waals surface area contributed by atoms with Gasteiger partial charge in [0, 0.05) is 22.3 Å². The zero-order valence-electron chi connectivity index (χ0n) is 42.2. The van der Waals surface area contributed by atoms with E-state index in [9.17, 15) is 52.7 Å². The Hall–Kier alpha value is -7.96. The molecule has 1 heterocycles. The van der Waals surface area contributed by atoms with Crippen LogP contribution in [0.5, 0.6) is 0 Å². The van der Waals surface area contributed by atoms with Crippen molar-refractivity contribution in [3.05, 3.63) is 263 Å². The maximum Gasteiger partial charge on any atom is 0.416 e. The van der Waals surface area contributed by atoms with E-state index in [1.165, 1.54) is 121 Å². The second-order valence-electron chi connectivity index (χ2n) is 17.6. The third-order valence-electron chi connectivity index (χ3n) is 11.8. The normalized spacial score (nSPS) is 23.7. The summed E-state index contributed by atoms with van der Waals surface area (Å²) in [5.74, 6) is -3.98. The number of hydrogen-bond donors (Lipinski definition) is 0. The van der Waals surface area contributed by atoms with E-state index in [0.717, 1.165) is 48.5 Å². The molecule has 84 heavy (non-hydrogen) atoms. The number of rotatable bonds is 8. The first kappa shape index (κ1) is 60.6. The van der Waals surface area contributed by atoms with Gasteiger partial charge in [0.2, 0.25) is 0 Å². The van der Waals surface area contributed by atoms with Crippen LogP contribution >= 0.6 is 0 Å². The summed E-state index contributed by atoms with van der Waals surface area (Å²) in [5.41, 5.74) is -6.92. The molecule has 1 aliphatic heterocycles. The van der Waals surface area contributed by atoms with Crippen molar-refractivity contribution >= 4 is 64.5 Å². The fraction of sp³-hybridized carbons (Fsp3) is 0.0714. The summed E-state index contributed by atoms with van der Waals surface area (Å²) in [7, 11) is -19.6. The Balaban J connectivity index is 1.56. The van der Waals surface area contributed by atoms with Crippen molar-refractivity contribution in [1.82, 2.24) is 0 Å². The molecule has 8 aromatic carbocycles. The minimum Gasteiger partial charge on any atom is -0.603 e. The van der Waals surface area contributed by atoms with Gasteiger partial charge in [0.1, 0.15) is 0 Å². The van der Waals surface area contributed by atoms with E-state index >= 15 is 18.2 Å². The van der Waals surface area contributed by atoms with Crippen LogP contribution in [0.4, 0.5) is 52.7 Å². The van der Waals surface area contributed by atoms with Crippen molar-refractivity contribution in [2.24, 2.45) is 35.0 Å². The van der Waals surface area contributed by atoms with Gasteiger partial charge in [-0.1, -0.05) is 121 Å². The molecule has 9 rings (SSSR count). The maximum absolute atomic E-state index is 16.3. The van der Waals surface area contributed by atoms with Crippen LogP contribution in [0.3, 0.4) is 0 Å². The Morgan fingerprint density at radius 1 is 0.226 bits per heavy atom. The highest BCUT2D eigenvalue weighted by atomic mass is 32.3. The lowest BCUT2D eigenvalue weighted by Gasteiger charge is -2.22. The van der Waals surface area contributed by atoms with Gasteiger partial charge in [-0.15, -0.1) is 0 Å². The molecular formula is C56H36F12N8O4S4. The highest BCUT2D eigenvalue weighted by Crippen LogP contribution is 2.37. The van der Waals surface area contributed by atoms with E-state index in [4.69, 9.17) is 0 Å². The van der Waals surface area contributed by atoms with Gasteiger partial charge < -0.3 is 18.2 Å². The lowest BCUT2D eigenvalue weighted by Crippen LogP contribution is -2.22. The van der Waals surface area contributed by atoms with Crippen molar-refractivity contribution < 1.29 is 70.9 Å². The predicted molar refractivity (Wildman–Crippen MR) is 293 cm³/mol. The summed E-state index contributed by atoms with van der Waals surface area (Å²) >= 11 is 0. The fourth-order valence-electron chi connectivity index (χ4n) is 7.55. The SMILES string of the molecule is [O-][S+]1(c2ccccc2)=NC(/c2ccc(C(F)(F)F)cc2)=N\[S+]([O-])(c2ccccc2)=NC(/c2ccc(C(F)(F)F)cc2)=N/[S+]([O-])(c2ccccc2)=NC(/c2ccc(C(F)(F)F)cc2)=N/[S+]([O-])(c2ccccc2)=NC(/c2ccc(C(F)(F)F)cc2)=N\1. The first-order valence-corrected chi connectivity index (χ1v) is 29.8. The number of amidine groups is 4. The van der Waals surface area contributed by atoms with Crippen molar-refractivity contribution in [1.29, 1.82) is 0 Å². The van der Waals surface area contributed by atoms with Crippen LogP contribution in [0.15, 0.2) is 273 Å². The summed E-state index contributed by atoms with van der Waals surface area (Å²) < 4.78 is 271. The average Bonchev–Trinajstić information content (AvgIpc) is 2.77. The molecule has 28 heteroatoms. The molecule has 0 aliphatic carbocycles. The standard InChI is InChI=1S/C56H36F12N8O4S4/c57-53(58,59)41-29-21-37(22-30-41)49-69-81(77,45-13-5-1-6-14-45)70-50(38-23-31-42(32-24-38)54(60,61)62)72-83(79,47-17-9-3-10-18-47)74-52(40-27-35-44(36-28-40)56(66,67)68)76-84(80,48-19-11-4-12-20-48)75-51(39-25-33-43(34-26-39)55(63,64)65)73-82(78,71-49)46-15-7-2-8-16-46/h1-36H. The molecule has 432 valence electrons.